The van der Waals surface area contributed by atoms with Gasteiger partial charge < -0.3 is 15.2 Å². The molecule has 1 amide bonds. The largest absolute Gasteiger partial charge is 0.347 e. The van der Waals surface area contributed by atoms with E-state index >= 15 is 0 Å². The fraction of sp³-hybridized carbons (Fsp3) is 0.333. The number of carbonyl (C=O) groups is 1. The smallest absolute Gasteiger partial charge is 0.260 e. The third kappa shape index (κ3) is 3.13. The second-order valence-electron chi connectivity index (χ2n) is 5.22. The zero-order valence-electron chi connectivity index (χ0n) is 12.0. The molecule has 3 heterocycles. The molecule has 0 aromatic carbocycles. The number of pyridine rings is 1. The van der Waals surface area contributed by atoms with Gasteiger partial charge in [-0.15, -0.1) is 0 Å². The van der Waals surface area contributed by atoms with Crippen LogP contribution in [0.5, 0.6) is 0 Å². The molecule has 2 aromatic rings. The predicted molar refractivity (Wildman–Crippen MR) is 81.8 cm³/mol. The maximum absolute atomic E-state index is 12.2. The summed E-state index contributed by atoms with van der Waals surface area (Å²) in [5, 5.41) is 2.92. The van der Waals surface area contributed by atoms with Gasteiger partial charge >= 0.3 is 0 Å². The van der Waals surface area contributed by atoms with Crippen LogP contribution < -0.4 is 15.8 Å². The summed E-state index contributed by atoms with van der Waals surface area (Å²) < 4.78 is 0. The van der Waals surface area contributed by atoms with Gasteiger partial charge in [0, 0.05) is 37.7 Å². The van der Waals surface area contributed by atoms with Crippen LogP contribution in [0.15, 0.2) is 41.6 Å². The summed E-state index contributed by atoms with van der Waals surface area (Å²) in [6, 6.07) is 4.91. The molecule has 2 N–H and O–H groups in total. The minimum Gasteiger partial charge on any atom is -0.347 e. The molecule has 7 heteroatoms. The highest BCUT2D eigenvalue weighted by molar-refractivity contribution is 5.93. The minimum absolute atomic E-state index is 0.0235. The average Bonchev–Trinajstić information content (AvgIpc) is 2.56. The summed E-state index contributed by atoms with van der Waals surface area (Å²) in [7, 11) is 0. The van der Waals surface area contributed by atoms with Gasteiger partial charge in [-0.1, -0.05) is 0 Å². The van der Waals surface area contributed by atoms with Gasteiger partial charge in [-0.25, -0.2) is 9.97 Å². The van der Waals surface area contributed by atoms with Crippen LogP contribution >= 0.6 is 0 Å². The Morgan fingerprint density at radius 2 is 2.14 bits per heavy atom. The van der Waals surface area contributed by atoms with E-state index in [2.05, 4.69) is 20.3 Å². The molecule has 1 saturated heterocycles. The van der Waals surface area contributed by atoms with E-state index in [4.69, 9.17) is 0 Å². The Morgan fingerprint density at radius 1 is 1.32 bits per heavy atom. The molecule has 1 aliphatic rings. The van der Waals surface area contributed by atoms with Crippen molar-refractivity contribution in [3.8, 4) is 0 Å². The lowest BCUT2D eigenvalue weighted by Crippen LogP contribution is -2.49. The highest BCUT2D eigenvalue weighted by Crippen LogP contribution is 2.15. The highest BCUT2D eigenvalue weighted by atomic mass is 16.2. The molecule has 22 heavy (non-hydrogen) atoms. The van der Waals surface area contributed by atoms with Gasteiger partial charge in [-0.2, -0.15) is 0 Å². The van der Waals surface area contributed by atoms with Gasteiger partial charge in [0.1, 0.15) is 5.56 Å². The van der Waals surface area contributed by atoms with Crippen LogP contribution in [0.4, 0.5) is 5.95 Å². The molecule has 0 unspecified atom stereocenters. The first-order valence-corrected chi connectivity index (χ1v) is 7.24. The number of rotatable bonds is 3. The SMILES string of the molecule is O=C(N[C@H]1CCCN(c2ncccn2)C1)c1ccc[nH]c1=O. The van der Waals surface area contributed by atoms with Crippen molar-refractivity contribution in [2.24, 2.45) is 0 Å². The Balaban J connectivity index is 1.67. The van der Waals surface area contributed by atoms with Gasteiger partial charge in [0.15, 0.2) is 0 Å². The third-order valence-electron chi connectivity index (χ3n) is 3.65. The van der Waals surface area contributed by atoms with E-state index in [0.717, 1.165) is 19.4 Å². The Morgan fingerprint density at radius 3 is 2.91 bits per heavy atom. The first-order valence-electron chi connectivity index (χ1n) is 7.24. The number of aromatic nitrogens is 3. The first kappa shape index (κ1) is 14.2. The van der Waals surface area contributed by atoms with Crippen molar-refractivity contribution in [1.82, 2.24) is 20.3 Å². The number of amides is 1. The monoisotopic (exact) mass is 299 g/mol. The molecular formula is C15H17N5O2. The number of carbonyl (C=O) groups excluding carboxylic acids is 1. The van der Waals surface area contributed by atoms with E-state index < -0.39 is 0 Å². The summed E-state index contributed by atoms with van der Waals surface area (Å²) in [5.41, 5.74) is -0.241. The van der Waals surface area contributed by atoms with E-state index in [9.17, 15) is 9.59 Å². The summed E-state index contributed by atoms with van der Waals surface area (Å²) in [6.07, 6.45) is 6.73. The molecule has 114 valence electrons. The van der Waals surface area contributed by atoms with Crippen LogP contribution in [0.2, 0.25) is 0 Å². The molecule has 3 rings (SSSR count). The Kier molecular flexibility index (Phi) is 4.13. The van der Waals surface area contributed by atoms with E-state index in [1.807, 2.05) is 4.90 Å². The zero-order valence-corrected chi connectivity index (χ0v) is 12.0. The summed E-state index contributed by atoms with van der Waals surface area (Å²) in [5.74, 6) is 0.321. The number of aromatic amines is 1. The first-order chi connectivity index (χ1) is 10.7. The number of nitrogens with zero attached hydrogens (tertiary/aromatic N) is 3. The van der Waals surface area contributed by atoms with Crippen LogP contribution in [0.3, 0.4) is 0 Å². The second kappa shape index (κ2) is 6.38. The van der Waals surface area contributed by atoms with Crippen LogP contribution in [0.1, 0.15) is 23.2 Å². The number of anilines is 1. The topological polar surface area (TPSA) is 91.0 Å². The number of piperidine rings is 1. The average molecular weight is 299 g/mol. The molecule has 7 nitrogen and oxygen atoms in total. The van der Waals surface area contributed by atoms with Crippen molar-refractivity contribution in [1.29, 1.82) is 0 Å². The molecule has 0 saturated carbocycles. The molecule has 1 aliphatic heterocycles. The molecular weight excluding hydrogens is 282 g/mol. The van der Waals surface area contributed by atoms with Crippen LogP contribution in [0, 0.1) is 0 Å². The van der Waals surface area contributed by atoms with Crippen molar-refractivity contribution in [3.63, 3.8) is 0 Å². The number of hydrogen-bond acceptors (Lipinski definition) is 5. The molecule has 0 bridgehead atoms. The van der Waals surface area contributed by atoms with Gasteiger partial charge in [-0.3, -0.25) is 9.59 Å². The maximum atomic E-state index is 12.2. The molecule has 0 spiro atoms. The summed E-state index contributed by atoms with van der Waals surface area (Å²) in [6.45, 7) is 1.50. The van der Waals surface area contributed by atoms with Crippen LogP contribution in [-0.2, 0) is 0 Å². The predicted octanol–water partition coefficient (Wildman–Crippen LogP) is 0.564. The Bertz CT molecular complexity index is 700. The lowest BCUT2D eigenvalue weighted by Gasteiger charge is -2.33. The molecule has 0 radical (unpaired) electrons. The van der Waals surface area contributed by atoms with E-state index in [-0.39, 0.29) is 23.1 Å². The highest BCUT2D eigenvalue weighted by Gasteiger charge is 2.23. The molecule has 2 aromatic heterocycles. The maximum Gasteiger partial charge on any atom is 0.260 e. The minimum atomic E-state index is -0.376. The Hall–Kier alpha value is -2.70. The summed E-state index contributed by atoms with van der Waals surface area (Å²) >= 11 is 0. The molecule has 0 aliphatic carbocycles. The van der Waals surface area contributed by atoms with Crippen LogP contribution in [-0.4, -0.2) is 40.0 Å². The lowest BCUT2D eigenvalue weighted by molar-refractivity contribution is 0.0931. The molecule has 1 fully saturated rings. The van der Waals surface area contributed by atoms with Crippen LogP contribution in [0.25, 0.3) is 0 Å². The van der Waals surface area contributed by atoms with E-state index in [1.165, 1.54) is 12.3 Å². The van der Waals surface area contributed by atoms with Crippen molar-refractivity contribution in [3.05, 3.63) is 52.7 Å². The fourth-order valence-electron chi connectivity index (χ4n) is 2.59. The van der Waals surface area contributed by atoms with Crippen molar-refractivity contribution >= 4 is 11.9 Å². The zero-order chi connectivity index (χ0) is 15.4. The third-order valence-corrected chi connectivity index (χ3v) is 3.65. The van der Waals surface area contributed by atoms with E-state index in [0.29, 0.717) is 12.5 Å². The summed E-state index contributed by atoms with van der Waals surface area (Å²) in [4.78, 5) is 36.9. The van der Waals surface area contributed by atoms with Crippen molar-refractivity contribution < 1.29 is 4.79 Å². The van der Waals surface area contributed by atoms with Gasteiger partial charge in [-0.05, 0) is 31.0 Å². The van der Waals surface area contributed by atoms with Gasteiger partial charge in [0.2, 0.25) is 5.95 Å². The standard InChI is InChI=1S/C15H17N5O2/c21-13-12(5-1-6-16-13)14(22)19-11-4-2-9-20(10-11)15-17-7-3-8-18-15/h1,3,5-8,11H,2,4,9-10H2,(H,16,21)(H,19,22)/t11-/m0/s1. The Labute approximate surface area is 127 Å². The number of hydrogen-bond donors (Lipinski definition) is 2. The number of nitrogens with one attached hydrogen (secondary N) is 2. The second-order valence-corrected chi connectivity index (χ2v) is 5.22. The van der Waals surface area contributed by atoms with E-state index in [1.54, 1.807) is 24.5 Å². The van der Waals surface area contributed by atoms with Crippen molar-refractivity contribution in [2.75, 3.05) is 18.0 Å². The van der Waals surface area contributed by atoms with Crippen molar-refractivity contribution in [2.45, 2.75) is 18.9 Å². The normalized spacial score (nSPS) is 18.0. The number of H-pyrrole nitrogens is 1. The molecule has 1 atom stereocenters. The fourth-order valence-corrected chi connectivity index (χ4v) is 2.59. The lowest BCUT2D eigenvalue weighted by atomic mass is 10.1. The quantitative estimate of drug-likeness (QED) is 0.864. The van der Waals surface area contributed by atoms with Gasteiger partial charge in [0.25, 0.3) is 11.5 Å². The van der Waals surface area contributed by atoms with Gasteiger partial charge in [0.05, 0.1) is 0 Å².